The van der Waals surface area contributed by atoms with Gasteiger partial charge in [-0.3, -0.25) is 4.99 Å². The standard InChI is InChI=1S/C12H12ClF3N2/c1-18-10(17)11(4-5-11)7-2-3-8(9(13)6-7)12(14,15)16/h2-3,6H,4-5H2,1H3,(H2,17,18). The van der Waals surface area contributed by atoms with Gasteiger partial charge in [-0.15, -0.1) is 0 Å². The van der Waals surface area contributed by atoms with Crippen LogP contribution in [0.4, 0.5) is 13.2 Å². The van der Waals surface area contributed by atoms with Gasteiger partial charge in [0.1, 0.15) is 5.84 Å². The van der Waals surface area contributed by atoms with Crippen LogP contribution in [0.1, 0.15) is 24.0 Å². The number of nitrogens with zero attached hydrogens (tertiary/aromatic N) is 1. The molecule has 1 aliphatic carbocycles. The number of hydrogen-bond acceptors (Lipinski definition) is 1. The molecule has 0 atom stereocenters. The van der Waals surface area contributed by atoms with Crippen LogP contribution in [0.5, 0.6) is 0 Å². The minimum absolute atomic E-state index is 0.296. The predicted octanol–water partition coefficient (Wildman–Crippen LogP) is 3.38. The Balaban J connectivity index is 2.42. The van der Waals surface area contributed by atoms with E-state index in [1.54, 1.807) is 7.05 Å². The highest BCUT2D eigenvalue weighted by atomic mass is 35.5. The molecule has 0 saturated heterocycles. The molecule has 0 aromatic heterocycles. The largest absolute Gasteiger partial charge is 0.417 e. The minimum atomic E-state index is -4.43. The number of halogens is 4. The lowest BCUT2D eigenvalue weighted by molar-refractivity contribution is -0.137. The summed E-state index contributed by atoms with van der Waals surface area (Å²) in [7, 11) is 1.57. The van der Waals surface area contributed by atoms with Gasteiger partial charge in [0, 0.05) is 7.05 Å². The third kappa shape index (κ3) is 2.07. The molecule has 2 nitrogen and oxygen atoms in total. The minimum Gasteiger partial charge on any atom is -0.387 e. The Labute approximate surface area is 108 Å². The summed E-state index contributed by atoms with van der Waals surface area (Å²) in [6, 6.07) is 3.77. The molecule has 1 fully saturated rings. The van der Waals surface area contributed by atoms with Crippen LogP contribution in [0.25, 0.3) is 0 Å². The Morgan fingerprint density at radius 1 is 1.39 bits per heavy atom. The van der Waals surface area contributed by atoms with Crippen molar-refractivity contribution in [3.8, 4) is 0 Å². The number of amidine groups is 1. The third-order valence-corrected chi connectivity index (χ3v) is 3.62. The molecule has 18 heavy (non-hydrogen) atoms. The van der Waals surface area contributed by atoms with E-state index < -0.39 is 17.2 Å². The van der Waals surface area contributed by atoms with Gasteiger partial charge in [0.25, 0.3) is 0 Å². The zero-order valence-electron chi connectivity index (χ0n) is 9.68. The quantitative estimate of drug-likeness (QED) is 0.653. The van der Waals surface area contributed by atoms with Crippen LogP contribution in [0.15, 0.2) is 23.2 Å². The lowest BCUT2D eigenvalue weighted by atomic mass is 9.93. The van der Waals surface area contributed by atoms with Crippen LogP contribution < -0.4 is 5.73 Å². The molecule has 0 heterocycles. The van der Waals surface area contributed by atoms with Crippen molar-refractivity contribution in [3.05, 3.63) is 34.3 Å². The summed E-state index contributed by atoms with van der Waals surface area (Å²) in [5.41, 5.74) is 5.26. The van der Waals surface area contributed by atoms with Crippen molar-refractivity contribution in [1.29, 1.82) is 0 Å². The SMILES string of the molecule is CN=C(N)C1(c2ccc(C(F)(F)F)c(Cl)c2)CC1. The monoisotopic (exact) mass is 276 g/mol. The van der Waals surface area contributed by atoms with E-state index in [0.717, 1.165) is 18.9 Å². The number of benzene rings is 1. The highest BCUT2D eigenvalue weighted by Gasteiger charge is 2.48. The molecule has 0 radical (unpaired) electrons. The van der Waals surface area contributed by atoms with Gasteiger partial charge in [-0.1, -0.05) is 17.7 Å². The molecule has 98 valence electrons. The molecule has 0 spiro atoms. The number of alkyl halides is 3. The summed E-state index contributed by atoms with van der Waals surface area (Å²) in [4.78, 5) is 3.93. The molecule has 0 amide bonds. The van der Waals surface area contributed by atoms with Gasteiger partial charge >= 0.3 is 6.18 Å². The van der Waals surface area contributed by atoms with E-state index in [-0.39, 0.29) is 5.02 Å². The molecule has 2 rings (SSSR count). The second-order valence-electron chi connectivity index (χ2n) is 4.38. The van der Waals surface area contributed by atoms with Gasteiger partial charge in [0.2, 0.25) is 0 Å². The van der Waals surface area contributed by atoms with Gasteiger partial charge in [-0.05, 0) is 30.5 Å². The summed E-state index contributed by atoms with van der Waals surface area (Å²) >= 11 is 5.70. The molecule has 0 aliphatic heterocycles. The Hall–Kier alpha value is -1.23. The number of aliphatic imine (C=N–C) groups is 1. The maximum atomic E-state index is 12.6. The summed E-state index contributed by atoms with van der Waals surface area (Å²) in [6.45, 7) is 0. The van der Waals surface area contributed by atoms with Crippen LogP contribution in [-0.2, 0) is 11.6 Å². The predicted molar refractivity (Wildman–Crippen MR) is 64.9 cm³/mol. The zero-order chi connectivity index (χ0) is 13.6. The van der Waals surface area contributed by atoms with Crippen molar-refractivity contribution in [2.24, 2.45) is 10.7 Å². The molecule has 1 aromatic carbocycles. The van der Waals surface area contributed by atoms with E-state index in [4.69, 9.17) is 17.3 Å². The van der Waals surface area contributed by atoms with Gasteiger partial charge in [-0.25, -0.2) is 0 Å². The van der Waals surface area contributed by atoms with E-state index >= 15 is 0 Å². The van der Waals surface area contributed by atoms with Crippen molar-refractivity contribution in [1.82, 2.24) is 0 Å². The van der Waals surface area contributed by atoms with Crippen molar-refractivity contribution in [2.45, 2.75) is 24.4 Å². The number of hydrogen-bond donors (Lipinski definition) is 1. The second kappa shape index (κ2) is 4.16. The van der Waals surface area contributed by atoms with Crippen molar-refractivity contribution in [3.63, 3.8) is 0 Å². The molecule has 6 heteroatoms. The summed E-state index contributed by atoms with van der Waals surface area (Å²) in [6.07, 6.45) is -2.85. The number of nitrogens with two attached hydrogens (primary N) is 1. The molecule has 1 aliphatic rings. The average molecular weight is 277 g/mol. The van der Waals surface area contributed by atoms with Crippen molar-refractivity contribution in [2.75, 3.05) is 7.05 Å². The maximum Gasteiger partial charge on any atom is 0.417 e. The Bertz CT molecular complexity index is 505. The van der Waals surface area contributed by atoms with Gasteiger partial charge in [0.15, 0.2) is 0 Å². The first kappa shape index (κ1) is 13.2. The lowest BCUT2D eigenvalue weighted by Crippen LogP contribution is -2.28. The first-order valence-corrected chi connectivity index (χ1v) is 5.79. The summed E-state index contributed by atoms with van der Waals surface area (Å²) in [5, 5.41) is -0.296. The fraction of sp³-hybridized carbons (Fsp3) is 0.417. The van der Waals surface area contributed by atoms with E-state index in [1.165, 1.54) is 12.1 Å². The van der Waals surface area contributed by atoms with E-state index in [0.29, 0.717) is 11.4 Å². The molecular formula is C12H12ClF3N2. The Kier molecular flexibility index (Phi) is 3.05. The topological polar surface area (TPSA) is 38.4 Å². The van der Waals surface area contributed by atoms with Gasteiger partial charge in [0.05, 0.1) is 16.0 Å². The third-order valence-electron chi connectivity index (χ3n) is 3.31. The average Bonchev–Trinajstić information content (AvgIpc) is 3.07. The fourth-order valence-electron chi connectivity index (χ4n) is 2.07. The highest BCUT2D eigenvalue weighted by molar-refractivity contribution is 6.31. The lowest BCUT2D eigenvalue weighted by Gasteiger charge is -2.17. The Morgan fingerprint density at radius 2 is 2.00 bits per heavy atom. The number of rotatable bonds is 2. The van der Waals surface area contributed by atoms with Gasteiger partial charge < -0.3 is 5.73 Å². The van der Waals surface area contributed by atoms with Crippen molar-refractivity contribution >= 4 is 17.4 Å². The highest BCUT2D eigenvalue weighted by Crippen LogP contribution is 2.49. The Morgan fingerprint density at radius 3 is 2.39 bits per heavy atom. The van der Waals surface area contributed by atoms with E-state index in [2.05, 4.69) is 4.99 Å². The van der Waals surface area contributed by atoms with Crippen LogP contribution >= 0.6 is 11.6 Å². The first-order valence-electron chi connectivity index (χ1n) is 5.41. The smallest absolute Gasteiger partial charge is 0.387 e. The molecule has 1 aromatic rings. The van der Waals surface area contributed by atoms with Crippen LogP contribution in [-0.4, -0.2) is 12.9 Å². The van der Waals surface area contributed by atoms with E-state index in [9.17, 15) is 13.2 Å². The fourth-order valence-corrected chi connectivity index (χ4v) is 2.36. The normalized spacial score (nSPS) is 18.8. The van der Waals surface area contributed by atoms with Crippen LogP contribution in [0, 0.1) is 0 Å². The maximum absolute atomic E-state index is 12.6. The molecular weight excluding hydrogens is 265 g/mol. The van der Waals surface area contributed by atoms with Crippen LogP contribution in [0.3, 0.4) is 0 Å². The molecule has 2 N–H and O–H groups in total. The molecule has 0 bridgehead atoms. The van der Waals surface area contributed by atoms with Crippen LogP contribution in [0.2, 0.25) is 5.02 Å². The summed E-state index contributed by atoms with van der Waals surface area (Å²) < 4.78 is 37.8. The van der Waals surface area contributed by atoms with Gasteiger partial charge in [-0.2, -0.15) is 13.2 Å². The molecule has 0 unspecified atom stereocenters. The zero-order valence-corrected chi connectivity index (χ0v) is 10.4. The van der Waals surface area contributed by atoms with E-state index in [1.807, 2.05) is 0 Å². The van der Waals surface area contributed by atoms with Crippen molar-refractivity contribution < 1.29 is 13.2 Å². The molecule has 1 saturated carbocycles. The first-order chi connectivity index (χ1) is 8.31. The summed E-state index contributed by atoms with van der Waals surface area (Å²) in [5.74, 6) is 0.443. The second-order valence-corrected chi connectivity index (χ2v) is 4.79.